The summed E-state index contributed by atoms with van der Waals surface area (Å²) in [5.74, 6) is 0.823. The number of ether oxygens (including phenoxy) is 2. The highest BCUT2D eigenvalue weighted by atomic mass is 19.3. The fraction of sp³-hybridized carbons (Fsp3) is 0.667. The van der Waals surface area contributed by atoms with Crippen molar-refractivity contribution >= 4 is 18.0 Å². The molecule has 1 aromatic rings. The molecule has 1 unspecified atom stereocenters. The standard InChI is InChI=1S/C27H38F2N4O4/c1-27(2,3)25(35)32-13-10-20(11-14-32)31-24(34)21-5-4-12-33(21)30-16-19-8-9-22(37-26(28)29)23(15-19)36-17-18-6-7-18/h8-9,15-16,18,20-21,26H,4-7,10-14,17H2,1-3H3,(H,31,34)/b30-16+. The maximum Gasteiger partial charge on any atom is 0.387 e. The Morgan fingerprint density at radius 3 is 2.49 bits per heavy atom. The van der Waals surface area contributed by atoms with E-state index in [4.69, 9.17) is 4.74 Å². The second-order valence-corrected chi connectivity index (χ2v) is 11.2. The molecule has 8 nitrogen and oxygen atoms in total. The molecule has 1 N–H and O–H groups in total. The Morgan fingerprint density at radius 1 is 1.11 bits per heavy atom. The summed E-state index contributed by atoms with van der Waals surface area (Å²) >= 11 is 0. The van der Waals surface area contributed by atoms with Crippen LogP contribution in [0.2, 0.25) is 0 Å². The molecule has 3 fully saturated rings. The lowest BCUT2D eigenvalue weighted by Gasteiger charge is -2.36. The van der Waals surface area contributed by atoms with E-state index in [1.165, 1.54) is 6.07 Å². The first kappa shape index (κ1) is 27.1. The zero-order chi connectivity index (χ0) is 26.6. The van der Waals surface area contributed by atoms with Gasteiger partial charge in [-0.2, -0.15) is 13.9 Å². The van der Waals surface area contributed by atoms with Crippen molar-refractivity contribution in [1.29, 1.82) is 0 Å². The molecule has 0 bridgehead atoms. The smallest absolute Gasteiger partial charge is 0.387 e. The molecular weight excluding hydrogens is 482 g/mol. The SMILES string of the molecule is CC(C)(C)C(=O)N1CCC(NC(=O)C2CCCN2/N=C/c2ccc(OC(F)F)c(OCC3CC3)c2)CC1. The zero-order valence-electron chi connectivity index (χ0n) is 21.9. The van der Waals surface area contributed by atoms with Gasteiger partial charge in [0, 0.05) is 31.1 Å². The van der Waals surface area contributed by atoms with Crippen LogP contribution >= 0.6 is 0 Å². The summed E-state index contributed by atoms with van der Waals surface area (Å²) in [6, 6.07) is 4.42. The summed E-state index contributed by atoms with van der Waals surface area (Å²) in [6.07, 6.45) is 6.82. The molecule has 2 aliphatic heterocycles. The monoisotopic (exact) mass is 520 g/mol. The minimum absolute atomic E-state index is 0.00137. The lowest BCUT2D eigenvalue weighted by atomic mass is 9.93. The van der Waals surface area contributed by atoms with E-state index in [0.717, 1.165) is 32.1 Å². The fourth-order valence-electron chi connectivity index (χ4n) is 4.70. The molecule has 0 spiro atoms. The van der Waals surface area contributed by atoms with E-state index >= 15 is 0 Å². The average molecular weight is 521 g/mol. The van der Waals surface area contributed by atoms with E-state index < -0.39 is 12.0 Å². The van der Waals surface area contributed by atoms with Crippen LogP contribution in [0.5, 0.6) is 11.5 Å². The van der Waals surface area contributed by atoms with Crippen LogP contribution < -0.4 is 14.8 Å². The molecule has 0 radical (unpaired) electrons. The average Bonchev–Trinajstić information content (AvgIpc) is 3.56. The van der Waals surface area contributed by atoms with Crippen molar-refractivity contribution in [2.75, 3.05) is 26.2 Å². The molecule has 10 heteroatoms. The van der Waals surface area contributed by atoms with Gasteiger partial charge in [-0.3, -0.25) is 14.6 Å². The van der Waals surface area contributed by atoms with E-state index in [9.17, 15) is 18.4 Å². The quantitative estimate of drug-likeness (QED) is 0.497. The number of nitrogens with one attached hydrogen (secondary N) is 1. The van der Waals surface area contributed by atoms with Gasteiger partial charge in [0.1, 0.15) is 6.04 Å². The van der Waals surface area contributed by atoms with Crippen LogP contribution in [0.1, 0.15) is 64.9 Å². The molecule has 1 atom stereocenters. The molecule has 1 aliphatic carbocycles. The molecule has 0 aromatic heterocycles. The third-order valence-corrected chi connectivity index (χ3v) is 7.01. The highest BCUT2D eigenvalue weighted by Gasteiger charge is 2.34. The van der Waals surface area contributed by atoms with Crippen LogP contribution in [-0.2, 0) is 9.59 Å². The highest BCUT2D eigenvalue weighted by Crippen LogP contribution is 2.34. The summed E-state index contributed by atoms with van der Waals surface area (Å²) in [4.78, 5) is 27.4. The Labute approximate surface area is 217 Å². The zero-order valence-corrected chi connectivity index (χ0v) is 21.9. The summed E-state index contributed by atoms with van der Waals surface area (Å²) in [5.41, 5.74) is 0.271. The molecule has 2 heterocycles. The number of piperidine rings is 1. The van der Waals surface area contributed by atoms with Crippen molar-refractivity contribution in [3.63, 3.8) is 0 Å². The van der Waals surface area contributed by atoms with Gasteiger partial charge < -0.3 is 19.7 Å². The van der Waals surface area contributed by atoms with Crippen LogP contribution in [-0.4, -0.2) is 72.9 Å². The van der Waals surface area contributed by atoms with Crippen LogP contribution in [0.4, 0.5) is 8.78 Å². The van der Waals surface area contributed by atoms with E-state index in [0.29, 0.717) is 44.1 Å². The number of carbonyl (C=O) groups is 2. The molecule has 1 aromatic carbocycles. The molecular formula is C27H38F2N4O4. The number of rotatable bonds is 9. The number of hydrogen-bond donors (Lipinski definition) is 1. The van der Waals surface area contributed by atoms with Crippen molar-refractivity contribution in [3.05, 3.63) is 23.8 Å². The number of hydrogen-bond acceptors (Lipinski definition) is 6. The van der Waals surface area contributed by atoms with E-state index in [2.05, 4.69) is 15.2 Å². The second-order valence-electron chi connectivity index (χ2n) is 11.2. The first-order chi connectivity index (χ1) is 17.6. The van der Waals surface area contributed by atoms with Crippen LogP contribution in [0.15, 0.2) is 23.3 Å². The molecule has 4 rings (SSSR count). The van der Waals surface area contributed by atoms with Crippen LogP contribution in [0.3, 0.4) is 0 Å². The number of hydrazone groups is 1. The summed E-state index contributed by atoms with van der Waals surface area (Å²) in [7, 11) is 0. The number of alkyl halides is 2. The third-order valence-electron chi connectivity index (χ3n) is 7.01. The summed E-state index contributed by atoms with van der Waals surface area (Å²) < 4.78 is 35.9. The van der Waals surface area contributed by atoms with Gasteiger partial charge in [-0.05, 0) is 68.2 Å². The lowest BCUT2D eigenvalue weighted by Crippen LogP contribution is -2.51. The first-order valence-corrected chi connectivity index (χ1v) is 13.2. The van der Waals surface area contributed by atoms with Crippen LogP contribution in [0, 0.1) is 11.3 Å². The number of carbonyl (C=O) groups excluding carboxylic acids is 2. The Balaban J connectivity index is 1.33. The lowest BCUT2D eigenvalue weighted by molar-refractivity contribution is -0.140. The van der Waals surface area contributed by atoms with Gasteiger partial charge in [-0.1, -0.05) is 20.8 Å². The Hall–Kier alpha value is -2.91. The normalized spacial score (nSPS) is 21.1. The summed E-state index contributed by atoms with van der Waals surface area (Å²) in [5, 5.41) is 9.48. The van der Waals surface area contributed by atoms with Gasteiger partial charge in [0.2, 0.25) is 11.8 Å². The number of likely N-dealkylation sites (tertiary alicyclic amines) is 1. The van der Waals surface area contributed by atoms with E-state index in [-0.39, 0.29) is 35.4 Å². The molecule has 1 saturated carbocycles. The van der Waals surface area contributed by atoms with Gasteiger partial charge in [0.25, 0.3) is 0 Å². The topological polar surface area (TPSA) is 83.5 Å². The fourth-order valence-corrected chi connectivity index (χ4v) is 4.70. The van der Waals surface area contributed by atoms with Gasteiger partial charge >= 0.3 is 6.61 Å². The van der Waals surface area contributed by atoms with Crippen molar-refractivity contribution in [2.24, 2.45) is 16.4 Å². The maximum absolute atomic E-state index is 13.1. The predicted molar refractivity (Wildman–Crippen MR) is 136 cm³/mol. The van der Waals surface area contributed by atoms with Crippen LogP contribution in [0.25, 0.3) is 0 Å². The number of amides is 2. The largest absolute Gasteiger partial charge is 0.489 e. The van der Waals surface area contributed by atoms with Crippen molar-refractivity contribution in [1.82, 2.24) is 15.2 Å². The Kier molecular flexibility index (Phi) is 8.54. The minimum Gasteiger partial charge on any atom is -0.489 e. The molecule has 2 saturated heterocycles. The van der Waals surface area contributed by atoms with Gasteiger partial charge in [-0.15, -0.1) is 0 Å². The number of halogens is 2. The Bertz CT molecular complexity index is 985. The second kappa shape index (κ2) is 11.6. The maximum atomic E-state index is 13.1. The Morgan fingerprint density at radius 2 is 1.84 bits per heavy atom. The van der Waals surface area contributed by atoms with Gasteiger partial charge in [-0.25, -0.2) is 0 Å². The molecule has 204 valence electrons. The van der Waals surface area contributed by atoms with Crippen molar-refractivity contribution in [3.8, 4) is 11.5 Å². The van der Waals surface area contributed by atoms with Gasteiger partial charge in [0.05, 0.1) is 12.8 Å². The summed E-state index contributed by atoms with van der Waals surface area (Å²) in [6.45, 7) is 5.25. The highest BCUT2D eigenvalue weighted by molar-refractivity contribution is 5.84. The molecule has 3 aliphatic rings. The first-order valence-electron chi connectivity index (χ1n) is 13.2. The minimum atomic E-state index is -2.93. The number of benzene rings is 1. The van der Waals surface area contributed by atoms with Crippen molar-refractivity contribution in [2.45, 2.75) is 78.0 Å². The van der Waals surface area contributed by atoms with Crippen molar-refractivity contribution < 1.29 is 27.8 Å². The van der Waals surface area contributed by atoms with E-state index in [1.54, 1.807) is 23.4 Å². The number of nitrogens with zero attached hydrogens (tertiary/aromatic N) is 3. The third kappa shape index (κ3) is 7.55. The van der Waals surface area contributed by atoms with E-state index in [1.807, 2.05) is 25.7 Å². The molecule has 2 amide bonds. The van der Waals surface area contributed by atoms with Gasteiger partial charge in [0.15, 0.2) is 11.5 Å². The molecule has 37 heavy (non-hydrogen) atoms. The predicted octanol–water partition coefficient (Wildman–Crippen LogP) is 4.03.